The molecule has 1 unspecified atom stereocenters. The Kier molecular flexibility index (Phi) is 4.49. The third-order valence-corrected chi connectivity index (χ3v) is 2.48. The van der Waals surface area contributed by atoms with E-state index < -0.39 is 0 Å². The number of carbonyl (C=O) groups is 1. The highest BCUT2D eigenvalue weighted by molar-refractivity contribution is 5.76. The van der Waals surface area contributed by atoms with Crippen molar-refractivity contribution in [2.45, 2.75) is 39.8 Å². The molecule has 0 radical (unpaired) electrons. The zero-order valence-corrected chi connectivity index (χ0v) is 10.0. The summed E-state index contributed by atoms with van der Waals surface area (Å²) in [6, 6.07) is 1.76. The molecule has 0 fully saturated rings. The molecule has 0 spiro atoms. The first-order chi connectivity index (χ1) is 7.56. The average molecular weight is 225 g/mol. The maximum absolute atomic E-state index is 11.6. The van der Waals surface area contributed by atoms with E-state index in [1.807, 2.05) is 26.8 Å². The fourth-order valence-corrected chi connectivity index (χ4v) is 1.52. The van der Waals surface area contributed by atoms with Crippen LogP contribution in [0.4, 0.5) is 0 Å². The Balaban J connectivity index is 2.54. The van der Waals surface area contributed by atoms with E-state index in [1.165, 1.54) is 0 Å². The van der Waals surface area contributed by atoms with E-state index in [0.29, 0.717) is 0 Å². The third-order valence-electron chi connectivity index (χ3n) is 2.48. The topological polar surface area (TPSA) is 67.2 Å². The fourth-order valence-electron chi connectivity index (χ4n) is 1.52. The highest BCUT2D eigenvalue weighted by Crippen LogP contribution is 2.01. The molecule has 0 aromatic carbocycles. The van der Waals surface area contributed by atoms with Crippen LogP contribution in [0.1, 0.15) is 24.7 Å². The van der Waals surface area contributed by atoms with Gasteiger partial charge >= 0.3 is 0 Å². The van der Waals surface area contributed by atoms with Crippen LogP contribution in [-0.4, -0.2) is 33.4 Å². The summed E-state index contributed by atoms with van der Waals surface area (Å²) < 4.78 is 1.66. The van der Waals surface area contributed by atoms with Gasteiger partial charge in [-0.15, -0.1) is 0 Å². The van der Waals surface area contributed by atoms with Crippen LogP contribution in [0.25, 0.3) is 0 Å². The molecule has 0 saturated heterocycles. The minimum absolute atomic E-state index is 0.0284. The Morgan fingerprint density at radius 1 is 1.62 bits per heavy atom. The molecule has 0 aliphatic carbocycles. The molecule has 90 valence electrons. The Labute approximate surface area is 95.5 Å². The Morgan fingerprint density at radius 2 is 2.31 bits per heavy atom. The van der Waals surface area contributed by atoms with Crippen molar-refractivity contribution in [1.82, 2.24) is 15.1 Å². The van der Waals surface area contributed by atoms with E-state index in [1.54, 1.807) is 4.68 Å². The van der Waals surface area contributed by atoms with Crippen molar-refractivity contribution in [3.8, 4) is 0 Å². The van der Waals surface area contributed by atoms with E-state index in [0.717, 1.165) is 17.8 Å². The van der Waals surface area contributed by atoms with Gasteiger partial charge in [-0.3, -0.25) is 9.48 Å². The molecular weight excluding hydrogens is 206 g/mol. The molecule has 5 nitrogen and oxygen atoms in total. The van der Waals surface area contributed by atoms with Gasteiger partial charge in [-0.05, 0) is 26.3 Å². The zero-order chi connectivity index (χ0) is 12.1. The van der Waals surface area contributed by atoms with E-state index in [4.69, 9.17) is 5.11 Å². The molecule has 16 heavy (non-hydrogen) atoms. The molecule has 1 aromatic heterocycles. The molecule has 0 bridgehead atoms. The van der Waals surface area contributed by atoms with Gasteiger partial charge < -0.3 is 10.4 Å². The summed E-state index contributed by atoms with van der Waals surface area (Å²) in [5, 5.41) is 15.9. The summed E-state index contributed by atoms with van der Waals surface area (Å²) in [6.07, 6.45) is 0.722. The first-order valence-corrected chi connectivity index (χ1v) is 5.48. The summed E-state index contributed by atoms with van der Waals surface area (Å²) in [5.41, 5.74) is 1.86. The number of aliphatic hydroxyl groups is 1. The Hall–Kier alpha value is -1.36. The second kappa shape index (κ2) is 5.65. The largest absolute Gasteiger partial charge is 0.394 e. The smallest absolute Gasteiger partial charge is 0.242 e. The number of aliphatic hydroxyl groups excluding tert-OH is 1. The van der Waals surface area contributed by atoms with Gasteiger partial charge in [0.2, 0.25) is 5.91 Å². The van der Waals surface area contributed by atoms with Crippen LogP contribution in [0.2, 0.25) is 0 Å². The molecule has 5 heteroatoms. The molecule has 1 rings (SSSR count). The number of hydrogen-bond acceptors (Lipinski definition) is 3. The van der Waals surface area contributed by atoms with Crippen molar-refractivity contribution in [3.63, 3.8) is 0 Å². The minimum atomic E-state index is -0.163. The van der Waals surface area contributed by atoms with Crippen molar-refractivity contribution >= 4 is 5.91 Å². The SMILES string of the molecule is CCC(CO)NC(=O)Cn1nc(C)cc1C. The van der Waals surface area contributed by atoms with Gasteiger partial charge in [0.15, 0.2) is 0 Å². The summed E-state index contributed by atoms with van der Waals surface area (Å²) in [5.74, 6) is -0.118. The van der Waals surface area contributed by atoms with E-state index in [-0.39, 0.29) is 25.1 Å². The van der Waals surface area contributed by atoms with E-state index in [2.05, 4.69) is 10.4 Å². The van der Waals surface area contributed by atoms with Gasteiger partial charge in [0.25, 0.3) is 0 Å². The van der Waals surface area contributed by atoms with Crippen LogP contribution in [-0.2, 0) is 11.3 Å². The number of aryl methyl sites for hydroxylation is 2. The average Bonchev–Trinajstić information content (AvgIpc) is 2.54. The molecule has 1 amide bonds. The monoisotopic (exact) mass is 225 g/mol. The highest BCUT2D eigenvalue weighted by atomic mass is 16.3. The van der Waals surface area contributed by atoms with Crippen molar-refractivity contribution in [2.75, 3.05) is 6.61 Å². The molecule has 0 saturated carbocycles. The lowest BCUT2D eigenvalue weighted by Gasteiger charge is -2.14. The molecule has 1 atom stereocenters. The predicted molar refractivity (Wildman–Crippen MR) is 61.0 cm³/mol. The number of nitrogens with one attached hydrogen (secondary N) is 1. The van der Waals surface area contributed by atoms with Gasteiger partial charge in [-0.2, -0.15) is 5.10 Å². The van der Waals surface area contributed by atoms with Crippen molar-refractivity contribution in [1.29, 1.82) is 0 Å². The first kappa shape index (κ1) is 12.7. The van der Waals surface area contributed by atoms with Crippen LogP contribution >= 0.6 is 0 Å². The molecule has 0 aliphatic rings. The van der Waals surface area contributed by atoms with Crippen molar-refractivity contribution < 1.29 is 9.90 Å². The van der Waals surface area contributed by atoms with E-state index in [9.17, 15) is 4.79 Å². The number of aromatic nitrogens is 2. The maximum Gasteiger partial charge on any atom is 0.242 e. The standard InChI is InChI=1S/C11H19N3O2/c1-4-10(7-15)12-11(16)6-14-9(3)5-8(2)13-14/h5,10,15H,4,6-7H2,1-3H3,(H,12,16). The lowest BCUT2D eigenvalue weighted by Crippen LogP contribution is -2.39. The van der Waals surface area contributed by atoms with Gasteiger partial charge in [-0.25, -0.2) is 0 Å². The number of rotatable bonds is 5. The third kappa shape index (κ3) is 3.34. The summed E-state index contributed by atoms with van der Waals surface area (Å²) >= 11 is 0. The van der Waals surface area contributed by atoms with Crippen LogP contribution in [0, 0.1) is 13.8 Å². The van der Waals surface area contributed by atoms with Crippen LogP contribution in [0.5, 0.6) is 0 Å². The predicted octanol–water partition coefficient (Wildman–Crippen LogP) is 0.387. The number of carbonyl (C=O) groups excluding carboxylic acids is 1. The van der Waals surface area contributed by atoms with E-state index >= 15 is 0 Å². The zero-order valence-electron chi connectivity index (χ0n) is 10.0. The number of nitrogens with zero attached hydrogens (tertiary/aromatic N) is 2. The second-order valence-electron chi connectivity index (χ2n) is 3.94. The molecule has 1 heterocycles. The number of hydrogen-bond donors (Lipinski definition) is 2. The number of amides is 1. The molecule has 0 aliphatic heterocycles. The molecule has 1 aromatic rings. The lowest BCUT2D eigenvalue weighted by atomic mass is 10.2. The van der Waals surface area contributed by atoms with Crippen molar-refractivity contribution in [2.24, 2.45) is 0 Å². The van der Waals surface area contributed by atoms with Gasteiger partial charge in [0.1, 0.15) is 6.54 Å². The summed E-state index contributed by atoms with van der Waals surface area (Å²) in [7, 11) is 0. The minimum Gasteiger partial charge on any atom is -0.394 e. The van der Waals surface area contributed by atoms with Gasteiger partial charge in [-0.1, -0.05) is 6.92 Å². The molecule has 2 N–H and O–H groups in total. The maximum atomic E-state index is 11.6. The normalized spacial score (nSPS) is 12.5. The second-order valence-corrected chi connectivity index (χ2v) is 3.94. The van der Waals surface area contributed by atoms with Crippen LogP contribution in [0.3, 0.4) is 0 Å². The fraction of sp³-hybridized carbons (Fsp3) is 0.636. The Morgan fingerprint density at radius 3 is 2.75 bits per heavy atom. The summed E-state index contributed by atoms with van der Waals surface area (Å²) in [4.78, 5) is 11.6. The van der Waals surface area contributed by atoms with Gasteiger partial charge in [0.05, 0.1) is 18.3 Å². The van der Waals surface area contributed by atoms with Crippen molar-refractivity contribution in [3.05, 3.63) is 17.5 Å². The highest BCUT2D eigenvalue weighted by Gasteiger charge is 2.11. The van der Waals surface area contributed by atoms with Crippen LogP contribution in [0.15, 0.2) is 6.07 Å². The first-order valence-electron chi connectivity index (χ1n) is 5.48. The lowest BCUT2D eigenvalue weighted by molar-refractivity contribution is -0.122. The van der Waals surface area contributed by atoms with Gasteiger partial charge in [0, 0.05) is 5.69 Å². The Bertz CT molecular complexity index is 356. The molecular formula is C11H19N3O2. The quantitative estimate of drug-likeness (QED) is 0.761. The summed E-state index contributed by atoms with van der Waals surface area (Å²) in [6.45, 7) is 5.90. The van der Waals surface area contributed by atoms with Crippen LogP contribution < -0.4 is 5.32 Å².